The summed E-state index contributed by atoms with van der Waals surface area (Å²) in [6, 6.07) is 15.5. The number of hydrogen-bond donors (Lipinski definition) is 0. The molecule has 3 saturated heterocycles. The van der Waals surface area contributed by atoms with Gasteiger partial charge in [-0.05, 0) is 23.8 Å². The number of carbonyl (C=O) groups excluding carboxylic acids is 2. The first-order valence-electron chi connectivity index (χ1n) is 12.1. The molecule has 0 radical (unpaired) electrons. The maximum absolute atomic E-state index is 13.7. The summed E-state index contributed by atoms with van der Waals surface area (Å²) in [6.45, 7) is 3.55. The lowest BCUT2D eigenvalue weighted by Crippen LogP contribution is -2.53. The Kier molecular flexibility index (Phi) is 5.49. The average Bonchev–Trinajstić information content (AvgIpc) is 3.53. The van der Waals surface area contributed by atoms with Gasteiger partial charge in [-0.25, -0.2) is 0 Å². The molecular formula is C27H28ClN3O4. The van der Waals surface area contributed by atoms with Gasteiger partial charge in [-0.1, -0.05) is 48.0 Å². The van der Waals surface area contributed by atoms with Crippen LogP contribution in [0.2, 0.25) is 5.02 Å². The molecule has 0 aliphatic carbocycles. The SMILES string of the molecule is COc1cccc(N2CCN(C(=O)C3[C@H]4C=CC5(CN(Cc6ccccc6Cl)C(=O)[C@@H]35)O4)CC2)c1. The van der Waals surface area contributed by atoms with E-state index < -0.39 is 17.4 Å². The lowest BCUT2D eigenvalue weighted by atomic mass is 9.76. The number of likely N-dealkylation sites (tertiary alicyclic amines) is 1. The van der Waals surface area contributed by atoms with E-state index in [4.69, 9.17) is 21.1 Å². The Bertz CT molecular complexity index is 1190. The molecule has 2 bridgehead atoms. The largest absolute Gasteiger partial charge is 0.497 e. The van der Waals surface area contributed by atoms with E-state index in [0.717, 1.165) is 30.1 Å². The summed E-state index contributed by atoms with van der Waals surface area (Å²) < 4.78 is 11.7. The maximum Gasteiger partial charge on any atom is 0.230 e. The fourth-order valence-corrected chi connectivity index (χ4v) is 6.22. The first-order chi connectivity index (χ1) is 17.0. The Morgan fingerprint density at radius 1 is 1.14 bits per heavy atom. The van der Waals surface area contributed by atoms with Gasteiger partial charge in [-0.2, -0.15) is 0 Å². The van der Waals surface area contributed by atoms with Crippen LogP contribution in [0, 0.1) is 11.8 Å². The second-order valence-electron chi connectivity index (χ2n) is 9.70. The van der Waals surface area contributed by atoms with E-state index in [-0.39, 0.29) is 17.9 Å². The van der Waals surface area contributed by atoms with Gasteiger partial charge in [0.15, 0.2) is 0 Å². The molecule has 4 atom stereocenters. The molecule has 4 heterocycles. The normalized spacial score (nSPS) is 29.1. The fraction of sp³-hybridized carbons (Fsp3) is 0.407. The van der Waals surface area contributed by atoms with Gasteiger partial charge in [-0.15, -0.1) is 0 Å². The number of anilines is 1. The van der Waals surface area contributed by atoms with Crippen LogP contribution < -0.4 is 9.64 Å². The smallest absolute Gasteiger partial charge is 0.230 e. The Labute approximate surface area is 209 Å². The Balaban J connectivity index is 1.16. The van der Waals surface area contributed by atoms with E-state index in [1.54, 1.807) is 12.0 Å². The van der Waals surface area contributed by atoms with Gasteiger partial charge < -0.3 is 24.2 Å². The van der Waals surface area contributed by atoms with Crippen molar-refractivity contribution in [3.05, 3.63) is 71.3 Å². The standard InChI is InChI=1S/C27H28ClN3O4/c1-34-20-7-4-6-19(15-20)29-11-13-30(14-12-29)25(32)23-22-9-10-27(35-22)17-31(26(33)24(23)27)16-18-5-2-3-8-21(18)28/h2-10,15,22-24H,11-14,16-17H2,1H3/t22-,23?,24-,27?/m1/s1. The van der Waals surface area contributed by atoms with Crippen LogP contribution in [0.4, 0.5) is 5.69 Å². The van der Waals surface area contributed by atoms with Crippen LogP contribution in [0.1, 0.15) is 5.56 Å². The summed E-state index contributed by atoms with van der Waals surface area (Å²) in [6.07, 6.45) is 3.63. The van der Waals surface area contributed by atoms with Crippen LogP contribution in [0.5, 0.6) is 5.75 Å². The van der Waals surface area contributed by atoms with Gasteiger partial charge in [0.1, 0.15) is 11.4 Å². The highest BCUT2D eigenvalue weighted by atomic mass is 35.5. The second-order valence-corrected chi connectivity index (χ2v) is 10.1. The van der Waals surface area contributed by atoms with Crippen LogP contribution in [-0.4, -0.2) is 73.2 Å². The molecule has 0 aromatic heterocycles. The van der Waals surface area contributed by atoms with Crippen molar-refractivity contribution >= 4 is 29.1 Å². The van der Waals surface area contributed by atoms with Crippen LogP contribution in [-0.2, 0) is 20.9 Å². The monoisotopic (exact) mass is 493 g/mol. The molecule has 2 unspecified atom stereocenters. The summed E-state index contributed by atoms with van der Waals surface area (Å²) in [5.41, 5.74) is 1.27. The molecule has 0 saturated carbocycles. The van der Waals surface area contributed by atoms with E-state index in [0.29, 0.717) is 31.2 Å². The highest BCUT2D eigenvalue weighted by Gasteiger charge is 2.67. The summed E-state index contributed by atoms with van der Waals surface area (Å²) in [5, 5.41) is 0.636. The minimum atomic E-state index is -0.717. The topological polar surface area (TPSA) is 62.3 Å². The zero-order valence-electron chi connectivity index (χ0n) is 19.6. The number of amides is 2. The molecule has 8 heteroatoms. The van der Waals surface area contributed by atoms with Crippen molar-refractivity contribution in [3.63, 3.8) is 0 Å². The molecule has 0 N–H and O–H groups in total. The van der Waals surface area contributed by atoms with Crippen molar-refractivity contribution in [2.75, 3.05) is 44.7 Å². The van der Waals surface area contributed by atoms with Gasteiger partial charge in [0, 0.05) is 49.5 Å². The lowest BCUT2D eigenvalue weighted by Gasteiger charge is -2.38. The van der Waals surface area contributed by atoms with Crippen molar-refractivity contribution in [3.8, 4) is 5.75 Å². The molecule has 2 amide bonds. The van der Waals surface area contributed by atoms with Crippen LogP contribution >= 0.6 is 11.6 Å². The van der Waals surface area contributed by atoms with Gasteiger partial charge in [0.05, 0.1) is 31.6 Å². The molecule has 35 heavy (non-hydrogen) atoms. The fourth-order valence-electron chi connectivity index (χ4n) is 6.03. The van der Waals surface area contributed by atoms with Crippen LogP contribution in [0.15, 0.2) is 60.7 Å². The second kappa shape index (κ2) is 8.57. The Morgan fingerprint density at radius 3 is 2.71 bits per heavy atom. The first-order valence-corrected chi connectivity index (χ1v) is 12.4. The van der Waals surface area contributed by atoms with E-state index in [1.807, 2.05) is 59.5 Å². The number of fused-ring (bicyclic) bond motifs is 1. The minimum Gasteiger partial charge on any atom is -0.497 e. The van der Waals surface area contributed by atoms with Crippen LogP contribution in [0.3, 0.4) is 0 Å². The number of hydrogen-bond acceptors (Lipinski definition) is 5. The first kappa shape index (κ1) is 22.4. The zero-order valence-corrected chi connectivity index (χ0v) is 20.4. The highest BCUT2D eigenvalue weighted by molar-refractivity contribution is 6.31. The average molecular weight is 494 g/mol. The van der Waals surface area contributed by atoms with Gasteiger partial charge in [-0.3, -0.25) is 9.59 Å². The number of rotatable bonds is 5. The molecule has 6 rings (SSSR count). The molecular weight excluding hydrogens is 466 g/mol. The number of ether oxygens (including phenoxy) is 2. The summed E-state index contributed by atoms with van der Waals surface area (Å²) >= 11 is 6.35. The Morgan fingerprint density at radius 2 is 1.94 bits per heavy atom. The molecule has 4 aliphatic rings. The van der Waals surface area contributed by atoms with Crippen molar-refractivity contribution in [1.82, 2.24) is 9.80 Å². The number of piperazine rings is 1. The number of nitrogens with zero attached hydrogens (tertiary/aromatic N) is 3. The molecule has 1 spiro atoms. The van der Waals surface area contributed by atoms with Crippen molar-refractivity contribution < 1.29 is 19.1 Å². The number of carbonyl (C=O) groups is 2. The van der Waals surface area contributed by atoms with E-state index in [2.05, 4.69) is 11.0 Å². The van der Waals surface area contributed by atoms with E-state index in [9.17, 15) is 9.59 Å². The third kappa shape index (κ3) is 3.69. The highest BCUT2D eigenvalue weighted by Crippen LogP contribution is 2.52. The molecule has 2 aromatic rings. The zero-order chi connectivity index (χ0) is 24.2. The van der Waals surface area contributed by atoms with Gasteiger partial charge >= 0.3 is 0 Å². The summed E-state index contributed by atoms with van der Waals surface area (Å²) in [5.74, 6) is -0.149. The van der Waals surface area contributed by atoms with Crippen molar-refractivity contribution in [2.24, 2.45) is 11.8 Å². The minimum absolute atomic E-state index is 0.0180. The lowest BCUT2D eigenvalue weighted by molar-refractivity contribution is -0.143. The third-order valence-corrected chi connectivity index (χ3v) is 8.16. The molecule has 4 aliphatic heterocycles. The molecule has 2 aromatic carbocycles. The van der Waals surface area contributed by atoms with E-state index in [1.165, 1.54) is 0 Å². The maximum atomic E-state index is 13.7. The van der Waals surface area contributed by atoms with Crippen molar-refractivity contribution in [1.29, 1.82) is 0 Å². The predicted octanol–water partition coefficient (Wildman–Crippen LogP) is 2.98. The van der Waals surface area contributed by atoms with Gasteiger partial charge in [0.2, 0.25) is 11.8 Å². The summed E-state index contributed by atoms with van der Waals surface area (Å²) in [4.78, 5) is 33.2. The predicted molar refractivity (Wildman–Crippen MR) is 132 cm³/mol. The number of methoxy groups -OCH3 is 1. The van der Waals surface area contributed by atoms with E-state index >= 15 is 0 Å². The quantitative estimate of drug-likeness (QED) is 0.599. The molecule has 7 nitrogen and oxygen atoms in total. The van der Waals surface area contributed by atoms with Gasteiger partial charge in [0.25, 0.3) is 0 Å². The third-order valence-electron chi connectivity index (χ3n) is 7.79. The Hall–Kier alpha value is -3.03. The van der Waals surface area contributed by atoms with Crippen LogP contribution in [0.25, 0.3) is 0 Å². The number of benzene rings is 2. The van der Waals surface area contributed by atoms with Crippen molar-refractivity contribution in [2.45, 2.75) is 18.2 Å². The summed E-state index contributed by atoms with van der Waals surface area (Å²) in [7, 11) is 1.66. The molecule has 3 fully saturated rings. The molecule has 182 valence electrons. The number of halogens is 1.